The van der Waals surface area contributed by atoms with Gasteiger partial charge in [0.15, 0.2) is 6.29 Å². The van der Waals surface area contributed by atoms with Crippen molar-refractivity contribution in [2.45, 2.75) is 19.6 Å². The van der Waals surface area contributed by atoms with E-state index in [0.29, 0.717) is 12.2 Å². The molecule has 2 aromatic rings. The third-order valence-corrected chi connectivity index (χ3v) is 2.15. The second-order valence-electron chi connectivity index (χ2n) is 3.21. The molecule has 74 valence electrons. The van der Waals surface area contributed by atoms with E-state index in [2.05, 4.69) is 4.98 Å². The normalized spacial score (nSPS) is 13.0. The number of benzene rings is 1. The molecule has 1 atom stereocenters. The van der Waals surface area contributed by atoms with Gasteiger partial charge in [-0.15, -0.1) is 0 Å². The molecule has 0 aliphatic rings. The molecule has 0 aliphatic carbocycles. The lowest BCUT2D eigenvalue weighted by Gasteiger charge is -2.10. The van der Waals surface area contributed by atoms with Crippen LogP contribution in [-0.4, -0.2) is 16.4 Å². The van der Waals surface area contributed by atoms with Crippen LogP contribution in [0.2, 0.25) is 0 Å². The summed E-state index contributed by atoms with van der Waals surface area (Å²) < 4.78 is 5.28. The van der Waals surface area contributed by atoms with Gasteiger partial charge in [0.05, 0.1) is 0 Å². The second-order valence-corrected chi connectivity index (χ2v) is 3.21. The highest BCUT2D eigenvalue weighted by Gasteiger charge is 2.03. The standard InChI is InChI=1S/C11H13NO2/c1-2-11(13)14-9-3-4-10-8(7-9)5-6-12-10/h3-7,11-13H,2H2,1H3. The molecule has 3 nitrogen and oxygen atoms in total. The van der Waals surface area contributed by atoms with Crippen molar-refractivity contribution in [1.29, 1.82) is 0 Å². The summed E-state index contributed by atoms with van der Waals surface area (Å²) in [6, 6.07) is 7.66. The van der Waals surface area contributed by atoms with Crippen LogP contribution in [-0.2, 0) is 0 Å². The van der Waals surface area contributed by atoms with Crippen molar-refractivity contribution >= 4 is 10.9 Å². The maximum atomic E-state index is 9.30. The Hall–Kier alpha value is -1.48. The van der Waals surface area contributed by atoms with E-state index in [1.165, 1.54) is 0 Å². The Bertz CT molecular complexity index is 422. The van der Waals surface area contributed by atoms with E-state index >= 15 is 0 Å². The Morgan fingerprint density at radius 2 is 2.29 bits per heavy atom. The van der Waals surface area contributed by atoms with Gasteiger partial charge in [-0.25, -0.2) is 0 Å². The molecule has 3 heteroatoms. The highest BCUT2D eigenvalue weighted by Crippen LogP contribution is 2.20. The molecule has 14 heavy (non-hydrogen) atoms. The van der Waals surface area contributed by atoms with Crippen molar-refractivity contribution in [1.82, 2.24) is 4.98 Å². The molecular formula is C11H13NO2. The maximum Gasteiger partial charge on any atom is 0.197 e. The summed E-state index contributed by atoms with van der Waals surface area (Å²) in [4.78, 5) is 3.10. The topological polar surface area (TPSA) is 45.2 Å². The van der Waals surface area contributed by atoms with Crippen LogP contribution in [0.15, 0.2) is 30.5 Å². The summed E-state index contributed by atoms with van der Waals surface area (Å²) in [7, 11) is 0. The van der Waals surface area contributed by atoms with Crippen LogP contribution in [0.5, 0.6) is 5.75 Å². The number of aliphatic hydroxyl groups excluding tert-OH is 1. The molecule has 0 saturated heterocycles. The van der Waals surface area contributed by atoms with E-state index in [9.17, 15) is 5.11 Å². The van der Waals surface area contributed by atoms with Gasteiger partial charge in [0.1, 0.15) is 5.75 Å². The minimum absolute atomic E-state index is 0.588. The van der Waals surface area contributed by atoms with Gasteiger partial charge in [0, 0.05) is 23.5 Å². The molecule has 1 aromatic heterocycles. The highest BCUT2D eigenvalue weighted by molar-refractivity contribution is 5.80. The van der Waals surface area contributed by atoms with Gasteiger partial charge in [-0.1, -0.05) is 6.92 Å². The smallest absolute Gasteiger partial charge is 0.197 e. The fourth-order valence-corrected chi connectivity index (χ4v) is 1.35. The van der Waals surface area contributed by atoms with E-state index in [0.717, 1.165) is 10.9 Å². The Balaban J connectivity index is 2.25. The Labute approximate surface area is 82.3 Å². The Morgan fingerprint density at radius 3 is 3.07 bits per heavy atom. The number of hydrogen-bond donors (Lipinski definition) is 2. The van der Waals surface area contributed by atoms with Gasteiger partial charge in [0.25, 0.3) is 0 Å². The van der Waals surface area contributed by atoms with Crippen LogP contribution < -0.4 is 4.74 Å². The quantitative estimate of drug-likeness (QED) is 0.731. The predicted octanol–water partition coefficient (Wildman–Crippen LogP) is 2.28. The van der Waals surface area contributed by atoms with Crippen molar-refractivity contribution < 1.29 is 9.84 Å². The van der Waals surface area contributed by atoms with E-state index in [4.69, 9.17) is 4.74 Å². The van der Waals surface area contributed by atoms with Crippen molar-refractivity contribution in [2.24, 2.45) is 0 Å². The van der Waals surface area contributed by atoms with Crippen LogP contribution in [0.4, 0.5) is 0 Å². The van der Waals surface area contributed by atoms with Gasteiger partial charge in [-0.05, 0) is 24.3 Å². The van der Waals surface area contributed by atoms with E-state index in [-0.39, 0.29) is 0 Å². The van der Waals surface area contributed by atoms with Crippen molar-refractivity contribution in [2.75, 3.05) is 0 Å². The van der Waals surface area contributed by atoms with Crippen LogP contribution in [0.25, 0.3) is 10.9 Å². The van der Waals surface area contributed by atoms with Gasteiger partial charge in [-0.2, -0.15) is 0 Å². The average Bonchev–Trinajstić information content (AvgIpc) is 2.64. The van der Waals surface area contributed by atoms with E-state index in [1.54, 1.807) is 0 Å². The van der Waals surface area contributed by atoms with Crippen LogP contribution in [0.3, 0.4) is 0 Å². The SMILES string of the molecule is CCC(O)Oc1ccc2[nH]ccc2c1. The summed E-state index contributed by atoms with van der Waals surface area (Å²) in [5.74, 6) is 0.700. The fourth-order valence-electron chi connectivity index (χ4n) is 1.35. The molecule has 1 unspecified atom stereocenters. The molecule has 0 aliphatic heterocycles. The van der Waals surface area contributed by atoms with Crippen molar-refractivity contribution in [3.05, 3.63) is 30.5 Å². The molecule has 1 aromatic carbocycles. The maximum absolute atomic E-state index is 9.30. The molecule has 2 rings (SSSR count). The summed E-state index contributed by atoms with van der Waals surface area (Å²) in [6.45, 7) is 1.87. The summed E-state index contributed by atoms with van der Waals surface area (Å²) in [5, 5.41) is 10.4. The van der Waals surface area contributed by atoms with Gasteiger partial charge < -0.3 is 14.8 Å². The van der Waals surface area contributed by atoms with Gasteiger partial charge in [0.2, 0.25) is 0 Å². The van der Waals surface area contributed by atoms with Crippen molar-refractivity contribution in [3.63, 3.8) is 0 Å². The number of aliphatic hydroxyl groups is 1. The second kappa shape index (κ2) is 3.72. The molecule has 2 N–H and O–H groups in total. The average molecular weight is 191 g/mol. The third kappa shape index (κ3) is 1.72. The number of aromatic nitrogens is 1. The highest BCUT2D eigenvalue weighted by atomic mass is 16.6. The number of fused-ring (bicyclic) bond motifs is 1. The monoisotopic (exact) mass is 191 g/mol. The number of nitrogens with one attached hydrogen (secondary N) is 1. The van der Waals surface area contributed by atoms with Crippen molar-refractivity contribution in [3.8, 4) is 5.75 Å². The van der Waals surface area contributed by atoms with Gasteiger partial charge in [-0.3, -0.25) is 0 Å². The minimum Gasteiger partial charge on any atom is -0.465 e. The van der Waals surface area contributed by atoms with Crippen LogP contribution >= 0.6 is 0 Å². The minimum atomic E-state index is -0.716. The first kappa shape index (κ1) is 9.09. The molecule has 0 bridgehead atoms. The Morgan fingerprint density at radius 1 is 1.43 bits per heavy atom. The number of hydrogen-bond acceptors (Lipinski definition) is 2. The molecule has 0 saturated carbocycles. The fraction of sp³-hybridized carbons (Fsp3) is 0.273. The van der Waals surface area contributed by atoms with E-state index < -0.39 is 6.29 Å². The predicted molar refractivity (Wildman–Crippen MR) is 55.2 cm³/mol. The largest absolute Gasteiger partial charge is 0.465 e. The molecule has 0 fully saturated rings. The lowest BCUT2D eigenvalue weighted by Crippen LogP contribution is -2.13. The number of ether oxygens (including phenoxy) is 1. The molecular weight excluding hydrogens is 178 g/mol. The first-order valence-electron chi connectivity index (χ1n) is 4.71. The molecule has 1 heterocycles. The van der Waals surface area contributed by atoms with Crippen LogP contribution in [0.1, 0.15) is 13.3 Å². The lowest BCUT2D eigenvalue weighted by atomic mass is 10.2. The molecule has 0 amide bonds. The van der Waals surface area contributed by atoms with Crippen LogP contribution in [0, 0.1) is 0 Å². The van der Waals surface area contributed by atoms with Gasteiger partial charge >= 0.3 is 0 Å². The first-order valence-corrected chi connectivity index (χ1v) is 4.71. The zero-order valence-electron chi connectivity index (χ0n) is 8.03. The first-order chi connectivity index (χ1) is 6.79. The van der Waals surface area contributed by atoms with E-state index in [1.807, 2.05) is 37.4 Å². The molecule has 0 radical (unpaired) electrons. The Kier molecular flexibility index (Phi) is 2.41. The zero-order valence-corrected chi connectivity index (χ0v) is 8.03. The number of H-pyrrole nitrogens is 1. The lowest BCUT2D eigenvalue weighted by molar-refractivity contribution is -0.0190. The summed E-state index contributed by atoms with van der Waals surface area (Å²) >= 11 is 0. The molecule has 0 spiro atoms. The zero-order chi connectivity index (χ0) is 9.97. The summed E-state index contributed by atoms with van der Waals surface area (Å²) in [5.41, 5.74) is 1.07. The third-order valence-electron chi connectivity index (χ3n) is 2.15. The number of aromatic amines is 1. The summed E-state index contributed by atoms with van der Waals surface area (Å²) in [6.07, 6.45) is 1.75. The number of rotatable bonds is 3.